The van der Waals surface area contributed by atoms with Gasteiger partial charge in [-0.05, 0) is 44.4 Å². The minimum Gasteiger partial charge on any atom is -0.352 e. The number of nitrogens with one attached hydrogen (secondary N) is 1. The molecule has 2 fully saturated rings. The van der Waals surface area contributed by atoms with Gasteiger partial charge in [0.1, 0.15) is 0 Å². The van der Waals surface area contributed by atoms with Gasteiger partial charge in [-0.1, -0.05) is 32.9 Å². The number of rotatable bonds is 7. The van der Waals surface area contributed by atoms with Crippen LogP contribution in [-0.4, -0.2) is 64.0 Å². The molecule has 1 spiro atoms. The SMILES string of the molecule is CCC(CC)NC(=O)CN1CC2(CCN(C(=O)C(C)C)CC2)CC1c1nc(C)no1. The first-order chi connectivity index (χ1) is 14.3. The van der Waals surface area contributed by atoms with E-state index in [9.17, 15) is 9.59 Å². The van der Waals surface area contributed by atoms with Gasteiger partial charge in [-0.3, -0.25) is 14.5 Å². The highest BCUT2D eigenvalue weighted by Crippen LogP contribution is 2.48. The van der Waals surface area contributed by atoms with Crippen molar-refractivity contribution in [2.75, 3.05) is 26.2 Å². The summed E-state index contributed by atoms with van der Waals surface area (Å²) in [5, 5.41) is 7.12. The topological polar surface area (TPSA) is 91.6 Å². The Balaban J connectivity index is 1.71. The van der Waals surface area contributed by atoms with Crippen molar-refractivity contribution in [2.24, 2.45) is 11.3 Å². The first kappa shape index (κ1) is 22.7. The highest BCUT2D eigenvalue weighted by atomic mass is 16.5. The predicted octanol–water partition coefficient (Wildman–Crippen LogP) is 2.69. The van der Waals surface area contributed by atoms with Crippen molar-refractivity contribution >= 4 is 11.8 Å². The predicted molar refractivity (Wildman–Crippen MR) is 114 cm³/mol. The molecule has 0 radical (unpaired) electrons. The van der Waals surface area contributed by atoms with Crippen LogP contribution in [0.15, 0.2) is 4.52 Å². The molecule has 2 saturated heterocycles. The lowest BCUT2D eigenvalue weighted by Crippen LogP contribution is -2.46. The molecule has 0 bridgehead atoms. The second-order valence-corrected chi connectivity index (χ2v) is 9.37. The number of aryl methyl sites for hydroxylation is 1. The molecule has 0 saturated carbocycles. The molecule has 2 aliphatic heterocycles. The van der Waals surface area contributed by atoms with Crippen LogP contribution in [0.3, 0.4) is 0 Å². The van der Waals surface area contributed by atoms with Crippen LogP contribution >= 0.6 is 0 Å². The number of aromatic nitrogens is 2. The average Bonchev–Trinajstić information content (AvgIpc) is 3.29. The molecule has 1 aromatic heterocycles. The fourth-order valence-corrected chi connectivity index (χ4v) is 4.88. The summed E-state index contributed by atoms with van der Waals surface area (Å²) in [4.78, 5) is 33.8. The standard InChI is InChI=1S/C22H37N5O3/c1-6-17(7-2)24-19(28)13-27-14-22(12-18(27)20-23-16(5)25-30-20)8-10-26(11-9-22)21(29)15(3)4/h15,17-18H,6-14H2,1-5H3,(H,24,28). The quantitative estimate of drug-likeness (QED) is 0.731. The van der Waals surface area contributed by atoms with Gasteiger partial charge >= 0.3 is 0 Å². The lowest BCUT2D eigenvalue weighted by Gasteiger charge is -2.40. The molecule has 3 rings (SSSR count). The van der Waals surface area contributed by atoms with Gasteiger partial charge in [0, 0.05) is 31.6 Å². The molecule has 2 amide bonds. The van der Waals surface area contributed by atoms with Crippen LogP contribution in [0.2, 0.25) is 0 Å². The summed E-state index contributed by atoms with van der Waals surface area (Å²) in [7, 11) is 0. The van der Waals surface area contributed by atoms with Gasteiger partial charge in [-0.25, -0.2) is 0 Å². The number of nitrogens with zero attached hydrogens (tertiary/aromatic N) is 4. The summed E-state index contributed by atoms with van der Waals surface area (Å²) in [5.74, 6) is 1.52. The van der Waals surface area contributed by atoms with Crippen molar-refractivity contribution < 1.29 is 14.1 Å². The molecule has 1 N–H and O–H groups in total. The van der Waals surface area contributed by atoms with Crippen molar-refractivity contribution in [3.63, 3.8) is 0 Å². The maximum absolute atomic E-state index is 12.7. The van der Waals surface area contributed by atoms with Gasteiger partial charge in [0.15, 0.2) is 5.82 Å². The van der Waals surface area contributed by atoms with Gasteiger partial charge in [0.2, 0.25) is 17.7 Å². The zero-order chi connectivity index (χ0) is 21.9. The van der Waals surface area contributed by atoms with Crippen molar-refractivity contribution in [1.82, 2.24) is 25.3 Å². The number of likely N-dealkylation sites (tertiary alicyclic amines) is 2. The van der Waals surface area contributed by atoms with Crippen LogP contribution in [0, 0.1) is 18.3 Å². The van der Waals surface area contributed by atoms with Gasteiger partial charge in [0.25, 0.3) is 0 Å². The van der Waals surface area contributed by atoms with Gasteiger partial charge in [-0.2, -0.15) is 4.98 Å². The number of carbonyl (C=O) groups is 2. The second kappa shape index (κ2) is 9.45. The van der Waals surface area contributed by atoms with E-state index in [-0.39, 0.29) is 35.2 Å². The van der Waals surface area contributed by atoms with Crippen molar-refractivity contribution in [1.29, 1.82) is 0 Å². The minimum absolute atomic E-state index is 0.0296. The molecule has 0 aliphatic carbocycles. The van der Waals surface area contributed by atoms with Gasteiger partial charge < -0.3 is 14.7 Å². The lowest BCUT2D eigenvalue weighted by atomic mass is 9.76. The number of piperidine rings is 1. The number of hydrogen-bond acceptors (Lipinski definition) is 6. The molecule has 30 heavy (non-hydrogen) atoms. The summed E-state index contributed by atoms with van der Waals surface area (Å²) >= 11 is 0. The fraction of sp³-hybridized carbons (Fsp3) is 0.818. The van der Waals surface area contributed by atoms with Crippen LogP contribution < -0.4 is 5.32 Å². The second-order valence-electron chi connectivity index (χ2n) is 9.37. The smallest absolute Gasteiger partial charge is 0.244 e. The highest BCUT2D eigenvalue weighted by Gasteiger charge is 2.48. The molecule has 1 atom stereocenters. The van der Waals surface area contributed by atoms with E-state index in [0.717, 1.165) is 51.7 Å². The summed E-state index contributed by atoms with van der Waals surface area (Å²) in [5.41, 5.74) is 0.0794. The Kier molecular flexibility index (Phi) is 7.16. The van der Waals surface area contributed by atoms with E-state index < -0.39 is 0 Å². The molecule has 1 aromatic rings. The monoisotopic (exact) mass is 419 g/mol. The Labute approximate surface area is 179 Å². The molecule has 3 heterocycles. The van der Waals surface area contributed by atoms with E-state index in [4.69, 9.17) is 4.52 Å². The summed E-state index contributed by atoms with van der Waals surface area (Å²) in [6.45, 7) is 12.6. The lowest BCUT2D eigenvalue weighted by molar-refractivity contribution is -0.136. The molecule has 1 unspecified atom stereocenters. The van der Waals surface area contributed by atoms with Gasteiger partial charge in [0.05, 0.1) is 12.6 Å². The molecular weight excluding hydrogens is 382 g/mol. The van der Waals surface area contributed by atoms with Crippen LogP contribution in [0.5, 0.6) is 0 Å². The maximum atomic E-state index is 12.7. The van der Waals surface area contributed by atoms with E-state index in [1.54, 1.807) is 0 Å². The average molecular weight is 420 g/mol. The molecular formula is C22H37N5O3. The van der Waals surface area contributed by atoms with E-state index in [2.05, 4.69) is 34.2 Å². The summed E-state index contributed by atoms with van der Waals surface area (Å²) < 4.78 is 5.51. The Morgan fingerprint density at radius 1 is 1.23 bits per heavy atom. The molecule has 8 nitrogen and oxygen atoms in total. The van der Waals surface area contributed by atoms with Gasteiger partial charge in [-0.15, -0.1) is 0 Å². The third kappa shape index (κ3) is 5.02. The number of amides is 2. The third-order valence-corrected chi connectivity index (χ3v) is 6.76. The molecule has 2 aliphatic rings. The van der Waals surface area contributed by atoms with E-state index >= 15 is 0 Å². The Morgan fingerprint density at radius 2 is 1.90 bits per heavy atom. The van der Waals surface area contributed by atoms with Crippen LogP contribution in [0.4, 0.5) is 0 Å². The third-order valence-electron chi connectivity index (χ3n) is 6.76. The van der Waals surface area contributed by atoms with Crippen LogP contribution in [0.25, 0.3) is 0 Å². The molecule has 0 aromatic carbocycles. The van der Waals surface area contributed by atoms with Crippen LogP contribution in [0.1, 0.15) is 77.6 Å². The van der Waals surface area contributed by atoms with E-state index in [1.165, 1.54) is 0 Å². The normalized spacial score (nSPS) is 21.7. The highest BCUT2D eigenvalue weighted by molar-refractivity contribution is 5.78. The number of hydrogen-bond donors (Lipinski definition) is 1. The van der Waals surface area contributed by atoms with E-state index in [1.807, 2.05) is 25.7 Å². The minimum atomic E-state index is -0.0500. The van der Waals surface area contributed by atoms with Crippen LogP contribution in [-0.2, 0) is 9.59 Å². The van der Waals surface area contributed by atoms with Crippen molar-refractivity contribution in [2.45, 2.75) is 78.8 Å². The largest absolute Gasteiger partial charge is 0.352 e. The number of carbonyl (C=O) groups excluding carboxylic acids is 2. The van der Waals surface area contributed by atoms with Crippen molar-refractivity contribution in [3.8, 4) is 0 Å². The van der Waals surface area contributed by atoms with E-state index in [0.29, 0.717) is 18.3 Å². The fourth-order valence-electron chi connectivity index (χ4n) is 4.88. The first-order valence-corrected chi connectivity index (χ1v) is 11.4. The Hall–Kier alpha value is -1.96. The summed E-state index contributed by atoms with van der Waals surface area (Å²) in [6.07, 6.45) is 4.63. The molecule has 8 heteroatoms. The zero-order valence-corrected chi connectivity index (χ0v) is 19.1. The Bertz CT molecular complexity index is 735. The first-order valence-electron chi connectivity index (χ1n) is 11.4. The molecule has 168 valence electrons. The summed E-state index contributed by atoms with van der Waals surface area (Å²) in [6, 6.07) is 0.162. The maximum Gasteiger partial charge on any atom is 0.244 e. The van der Waals surface area contributed by atoms with Crippen molar-refractivity contribution in [3.05, 3.63) is 11.7 Å². The Morgan fingerprint density at radius 3 is 2.43 bits per heavy atom. The zero-order valence-electron chi connectivity index (χ0n) is 19.1.